The van der Waals surface area contributed by atoms with E-state index in [4.69, 9.17) is 0 Å². The number of nitrogens with one attached hydrogen (secondary N) is 1. The van der Waals surface area contributed by atoms with Gasteiger partial charge >= 0.3 is 0 Å². The van der Waals surface area contributed by atoms with E-state index < -0.39 is 0 Å². The molecule has 0 aromatic rings. The van der Waals surface area contributed by atoms with E-state index in [1.54, 1.807) is 0 Å². The first-order valence-electron chi connectivity index (χ1n) is 7.64. The minimum atomic E-state index is -0.242. The number of ketones is 1. The molecule has 110 valence electrons. The fourth-order valence-corrected chi connectivity index (χ4v) is 3.63. The van der Waals surface area contributed by atoms with Crippen LogP contribution in [0.4, 0.5) is 0 Å². The Morgan fingerprint density at radius 1 is 1.16 bits per heavy atom. The van der Waals surface area contributed by atoms with Crippen molar-refractivity contribution in [2.24, 2.45) is 17.3 Å². The molecule has 2 saturated heterocycles. The van der Waals surface area contributed by atoms with Gasteiger partial charge in [0.2, 0.25) is 0 Å². The van der Waals surface area contributed by atoms with Crippen LogP contribution < -0.4 is 5.32 Å². The van der Waals surface area contributed by atoms with Gasteiger partial charge in [0, 0.05) is 17.5 Å². The molecule has 3 heteroatoms. The van der Waals surface area contributed by atoms with Gasteiger partial charge in [-0.1, -0.05) is 20.8 Å². The summed E-state index contributed by atoms with van der Waals surface area (Å²) in [6, 6.07) is 0.118. The molecule has 3 unspecified atom stereocenters. The Bertz CT molecular complexity index is 351. The topological polar surface area (TPSA) is 32.3 Å². The van der Waals surface area contributed by atoms with Crippen molar-refractivity contribution in [1.82, 2.24) is 10.2 Å². The summed E-state index contributed by atoms with van der Waals surface area (Å²) in [6.45, 7) is 16.1. The van der Waals surface area contributed by atoms with E-state index in [1.165, 1.54) is 0 Å². The zero-order valence-corrected chi connectivity index (χ0v) is 13.4. The number of carbonyl (C=O) groups excluding carboxylic acids is 1. The second kappa shape index (κ2) is 4.85. The van der Waals surface area contributed by atoms with E-state index in [0.29, 0.717) is 17.6 Å². The van der Waals surface area contributed by atoms with E-state index in [1.807, 2.05) is 0 Å². The summed E-state index contributed by atoms with van der Waals surface area (Å²) in [4.78, 5) is 15.4. The molecular weight excluding hydrogens is 236 g/mol. The van der Waals surface area contributed by atoms with Crippen molar-refractivity contribution in [2.75, 3.05) is 19.6 Å². The van der Waals surface area contributed by atoms with Crippen molar-refractivity contribution in [2.45, 2.75) is 59.5 Å². The molecule has 0 amide bonds. The van der Waals surface area contributed by atoms with Crippen molar-refractivity contribution in [1.29, 1.82) is 0 Å². The molecule has 0 bridgehead atoms. The third-order valence-electron chi connectivity index (χ3n) is 4.71. The zero-order valence-electron chi connectivity index (χ0n) is 13.4. The van der Waals surface area contributed by atoms with Gasteiger partial charge in [-0.3, -0.25) is 9.69 Å². The summed E-state index contributed by atoms with van der Waals surface area (Å²) in [6.07, 6.45) is 1.14. The van der Waals surface area contributed by atoms with Crippen molar-refractivity contribution in [3.05, 3.63) is 0 Å². The molecule has 0 aromatic carbocycles. The smallest absolute Gasteiger partial charge is 0.155 e. The highest BCUT2D eigenvalue weighted by atomic mass is 16.1. The third-order valence-corrected chi connectivity index (χ3v) is 4.71. The molecule has 19 heavy (non-hydrogen) atoms. The molecule has 0 saturated carbocycles. The van der Waals surface area contributed by atoms with Gasteiger partial charge in [-0.05, 0) is 52.1 Å². The number of carbonyl (C=O) groups is 1. The maximum atomic E-state index is 12.9. The van der Waals surface area contributed by atoms with Crippen LogP contribution in [0.15, 0.2) is 0 Å². The predicted octanol–water partition coefficient (Wildman–Crippen LogP) is 2.31. The Kier molecular flexibility index (Phi) is 3.83. The molecule has 0 aliphatic carbocycles. The summed E-state index contributed by atoms with van der Waals surface area (Å²) in [5.41, 5.74) is -0.170. The van der Waals surface area contributed by atoms with Gasteiger partial charge in [0.05, 0.1) is 6.04 Å². The lowest BCUT2D eigenvalue weighted by molar-refractivity contribution is -0.134. The highest BCUT2D eigenvalue weighted by Gasteiger charge is 2.51. The Hall–Kier alpha value is -0.410. The quantitative estimate of drug-likeness (QED) is 0.790. The average Bonchev–Trinajstić information content (AvgIpc) is 2.65. The third kappa shape index (κ3) is 2.87. The minimum absolute atomic E-state index is 0.0723. The van der Waals surface area contributed by atoms with Crippen molar-refractivity contribution in [3.63, 3.8) is 0 Å². The van der Waals surface area contributed by atoms with Crippen LogP contribution in [-0.4, -0.2) is 41.9 Å². The zero-order chi connectivity index (χ0) is 14.4. The Morgan fingerprint density at radius 2 is 1.79 bits per heavy atom. The summed E-state index contributed by atoms with van der Waals surface area (Å²) in [5, 5.41) is 3.49. The van der Waals surface area contributed by atoms with E-state index >= 15 is 0 Å². The number of likely N-dealkylation sites (tertiary alicyclic amines) is 1. The predicted molar refractivity (Wildman–Crippen MR) is 79.2 cm³/mol. The molecule has 2 aliphatic heterocycles. The highest BCUT2D eigenvalue weighted by Crippen LogP contribution is 2.41. The van der Waals surface area contributed by atoms with E-state index in [2.05, 4.69) is 51.8 Å². The number of hydrogen-bond acceptors (Lipinski definition) is 3. The lowest BCUT2D eigenvalue weighted by Gasteiger charge is -2.40. The lowest BCUT2D eigenvalue weighted by atomic mass is 9.76. The van der Waals surface area contributed by atoms with Crippen LogP contribution in [0, 0.1) is 17.3 Å². The van der Waals surface area contributed by atoms with Crippen LogP contribution in [-0.2, 0) is 4.79 Å². The highest BCUT2D eigenvalue weighted by molar-refractivity contribution is 5.89. The SMILES string of the molecule is CC(C)(C)C(=O)C1C2CCNCC2CN1C(C)(C)C. The van der Waals surface area contributed by atoms with Crippen molar-refractivity contribution < 1.29 is 4.79 Å². The number of rotatable bonds is 1. The van der Waals surface area contributed by atoms with Crippen LogP contribution in [0.3, 0.4) is 0 Å². The summed E-state index contributed by atoms with van der Waals surface area (Å²) >= 11 is 0. The number of hydrogen-bond donors (Lipinski definition) is 1. The van der Waals surface area contributed by atoms with E-state index in [-0.39, 0.29) is 17.0 Å². The number of fused-ring (bicyclic) bond motifs is 1. The number of piperidine rings is 1. The molecule has 0 radical (unpaired) electrons. The van der Waals surface area contributed by atoms with Crippen LogP contribution in [0.2, 0.25) is 0 Å². The normalized spacial score (nSPS) is 33.3. The van der Waals surface area contributed by atoms with E-state index in [9.17, 15) is 4.79 Å². The Morgan fingerprint density at radius 3 is 2.32 bits per heavy atom. The second-order valence-corrected chi connectivity index (χ2v) is 8.30. The molecule has 3 nitrogen and oxygen atoms in total. The molecule has 3 atom stereocenters. The summed E-state index contributed by atoms with van der Waals surface area (Å²) in [5.74, 6) is 1.62. The molecule has 0 aromatic heterocycles. The first-order valence-corrected chi connectivity index (χ1v) is 7.64. The van der Waals surface area contributed by atoms with Crippen LogP contribution in [0.25, 0.3) is 0 Å². The molecule has 2 rings (SSSR count). The maximum absolute atomic E-state index is 12.9. The van der Waals surface area contributed by atoms with Crippen molar-refractivity contribution in [3.8, 4) is 0 Å². The standard InChI is InChI=1S/C16H30N2O/c1-15(2,3)14(19)13-12-7-8-17-9-11(12)10-18(13)16(4,5)6/h11-13,17H,7-10H2,1-6H3. The summed E-state index contributed by atoms with van der Waals surface area (Å²) < 4.78 is 0. The Balaban J connectivity index is 2.31. The molecule has 2 heterocycles. The van der Waals surface area contributed by atoms with Gasteiger partial charge in [-0.2, -0.15) is 0 Å². The van der Waals surface area contributed by atoms with Gasteiger partial charge in [-0.25, -0.2) is 0 Å². The first-order chi connectivity index (χ1) is 8.62. The van der Waals surface area contributed by atoms with Gasteiger partial charge in [0.25, 0.3) is 0 Å². The molecule has 2 fully saturated rings. The average molecular weight is 266 g/mol. The van der Waals surface area contributed by atoms with Crippen molar-refractivity contribution >= 4 is 5.78 Å². The van der Waals surface area contributed by atoms with Gasteiger partial charge in [0.15, 0.2) is 5.78 Å². The fourth-order valence-electron chi connectivity index (χ4n) is 3.63. The van der Waals surface area contributed by atoms with Gasteiger partial charge in [-0.15, -0.1) is 0 Å². The van der Waals surface area contributed by atoms with Gasteiger partial charge in [0.1, 0.15) is 0 Å². The van der Waals surface area contributed by atoms with Crippen LogP contribution >= 0.6 is 0 Å². The first kappa shape index (κ1) is 15.0. The maximum Gasteiger partial charge on any atom is 0.155 e. The number of Topliss-reactive ketones (excluding diaryl/α,β-unsaturated/α-hetero) is 1. The second-order valence-electron chi connectivity index (χ2n) is 8.30. The number of nitrogens with zero attached hydrogens (tertiary/aromatic N) is 1. The van der Waals surface area contributed by atoms with Crippen LogP contribution in [0.1, 0.15) is 48.0 Å². The fraction of sp³-hybridized carbons (Fsp3) is 0.938. The van der Waals surface area contributed by atoms with E-state index in [0.717, 1.165) is 26.1 Å². The minimum Gasteiger partial charge on any atom is -0.316 e. The molecule has 2 aliphatic rings. The summed E-state index contributed by atoms with van der Waals surface area (Å²) in [7, 11) is 0. The Labute approximate surface area is 118 Å². The molecule has 1 N–H and O–H groups in total. The molecular formula is C16H30N2O. The molecule has 0 spiro atoms. The monoisotopic (exact) mass is 266 g/mol. The van der Waals surface area contributed by atoms with Crippen LogP contribution in [0.5, 0.6) is 0 Å². The lowest BCUT2D eigenvalue weighted by Crippen LogP contribution is -2.52. The largest absolute Gasteiger partial charge is 0.316 e. The van der Waals surface area contributed by atoms with Gasteiger partial charge < -0.3 is 5.32 Å².